The summed E-state index contributed by atoms with van der Waals surface area (Å²) < 4.78 is 26.7. The van der Waals surface area contributed by atoms with Crippen molar-refractivity contribution in [2.45, 2.75) is 58.1 Å². The Labute approximate surface area is 123 Å². The van der Waals surface area contributed by atoms with Gasteiger partial charge in [-0.25, -0.2) is 4.57 Å². The van der Waals surface area contributed by atoms with Crippen molar-refractivity contribution in [3.63, 3.8) is 0 Å². The molecule has 1 N–H and O–H groups in total. The van der Waals surface area contributed by atoms with E-state index in [4.69, 9.17) is 9.26 Å². The molecule has 0 aromatic heterocycles. The normalized spacial score (nSPS) is 29.8. The Morgan fingerprint density at radius 2 is 2.00 bits per heavy atom. The molecule has 0 aromatic carbocycles. The molecule has 1 saturated heterocycles. The highest BCUT2D eigenvalue weighted by Crippen LogP contribution is 2.44. The van der Waals surface area contributed by atoms with Crippen LogP contribution in [0.2, 0.25) is 0 Å². The lowest BCUT2D eigenvalue weighted by Gasteiger charge is -2.27. The maximum Gasteiger partial charge on any atom is 0.472 e. The zero-order chi connectivity index (χ0) is 15.2. The zero-order valence-electron chi connectivity index (χ0n) is 13.1. The number of phosphoric acid groups is 1. The summed E-state index contributed by atoms with van der Waals surface area (Å²) in [5.41, 5.74) is 0. The molecule has 0 bridgehead atoms. The van der Waals surface area contributed by atoms with Crippen LogP contribution in [0, 0.1) is 11.8 Å². The van der Waals surface area contributed by atoms with E-state index in [9.17, 15) is 9.46 Å². The first-order valence-corrected chi connectivity index (χ1v) is 9.11. The largest absolute Gasteiger partial charge is 0.472 e. The quantitative estimate of drug-likeness (QED) is 0.523. The highest BCUT2D eigenvalue weighted by molar-refractivity contribution is 7.47. The molecule has 0 radical (unpaired) electrons. The van der Waals surface area contributed by atoms with Gasteiger partial charge < -0.3 is 9.63 Å². The third-order valence-electron chi connectivity index (χ3n) is 4.05. The average molecular weight is 306 g/mol. The van der Waals surface area contributed by atoms with Crippen molar-refractivity contribution in [2.24, 2.45) is 11.8 Å². The third-order valence-corrected chi connectivity index (χ3v) is 4.98. The molecule has 1 fully saturated rings. The van der Waals surface area contributed by atoms with Crippen molar-refractivity contribution in [2.75, 3.05) is 13.7 Å². The molecule has 4 atom stereocenters. The number of phosphoric ester groups is 1. The summed E-state index contributed by atoms with van der Waals surface area (Å²) in [6.07, 6.45) is 5.54. The minimum Gasteiger partial charge on any atom is -0.381 e. The summed E-state index contributed by atoms with van der Waals surface area (Å²) in [6, 6.07) is 0.186. The zero-order valence-corrected chi connectivity index (χ0v) is 14.0. The van der Waals surface area contributed by atoms with Crippen molar-refractivity contribution >= 4 is 15.7 Å². The molecule has 1 aliphatic rings. The van der Waals surface area contributed by atoms with Gasteiger partial charge in [-0.3, -0.25) is 9.05 Å². The topological polar surface area (TPSA) is 65.0 Å². The molecular formula is C13H28BO5P. The van der Waals surface area contributed by atoms with Gasteiger partial charge in [-0.15, -0.1) is 0 Å². The standard InChI is InChI=1S/C13H28BO5P/c1-4-6-10(7-5-2)11-8-13(14)19-12(11)9-18-20(15,16)17-3/h10-13H,4-9,14H2,1-3H3,(H,15,16)/t11-,12?,13+/m0/s1. The van der Waals surface area contributed by atoms with Gasteiger partial charge >= 0.3 is 7.82 Å². The fourth-order valence-corrected chi connectivity index (χ4v) is 3.62. The lowest BCUT2D eigenvalue weighted by atomic mass is 9.78. The van der Waals surface area contributed by atoms with E-state index in [1.165, 1.54) is 20.0 Å². The molecule has 1 aliphatic heterocycles. The average Bonchev–Trinajstić information content (AvgIpc) is 2.77. The van der Waals surface area contributed by atoms with Crippen LogP contribution in [-0.2, 0) is 18.3 Å². The Kier molecular flexibility index (Phi) is 7.77. The van der Waals surface area contributed by atoms with Crippen molar-refractivity contribution < 1.29 is 23.2 Å². The number of hydrogen-bond acceptors (Lipinski definition) is 4. The van der Waals surface area contributed by atoms with Gasteiger partial charge in [0, 0.05) is 13.1 Å². The van der Waals surface area contributed by atoms with Crippen LogP contribution in [0.3, 0.4) is 0 Å². The van der Waals surface area contributed by atoms with Gasteiger partial charge in [-0.05, 0) is 18.3 Å². The summed E-state index contributed by atoms with van der Waals surface area (Å²) in [5, 5.41) is 0. The summed E-state index contributed by atoms with van der Waals surface area (Å²) >= 11 is 0. The van der Waals surface area contributed by atoms with Crippen molar-refractivity contribution in [1.82, 2.24) is 0 Å². The Hall–Kier alpha value is 0.135. The molecule has 1 heterocycles. The SMILES string of the molecule is B[C@H]1C[C@@H](C(CCC)CCC)C(COP(=O)(O)OC)O1. The highest BCUT2D eigenvalue weighted by atomic mass is 31.2. The smallest absolute Gasteiger partial charge is 0.381 e. The van der Waals surface area contributed by atoms with E-state index in [0.717, 1.165) is 19.3 Å². The molecule has 0 amide bonds. The summed E-state index contributed by atoms with van der Waals surface area (Å²) in [4.78, 5) is 9.34. The van der Waals surface area contributed by atoms with Crippen LogP contribution < -0.4 is 0 Å². The Morgan fingerprint density at radius 3 is 2.50 bits per heavy atom. The lowest BCUT2D eigenvalue weighted by molar-refractivity contribution is 0.0108. The predicted octanol–water partition coefficient (Wildman–Crippen LogP) is 2.33. The molecule has 0 aliphatic carbocycles. The van der Waals surface area contributed by atoms with Crippen LogP contribution in [0.4, 0.5) is 0 Å². The second-order valence-corrected chi connectivity index (χ2v) is 7.23. The molecule has 0 aromatic rings. The molecule has 7 heteroatoms. The van der Waals surface area contributed by atoms with Crippen LogP contribution in [0.15, 0.2) is 0 Å². The van der Waals surface area contributed by atoms with Crippen LogP contribution >= 0.6 is 7.82 Å². The number of hydrogen-bond donors (Lipinski definition) is 1. The second kappa shape index (κ2) is 8.55. The Bertz CT molecular complexity index is 322. The fraction of sp³-hybridized carbons (Fsp3) is 1.00. The van der Waals surface area contributed by atoms with Gasteiger partial charge in [0.1, 0.15) is 7.85 Å². The monoisotopic (exact) mass is 306 g/mol. The van der Waals surface area contributed by atoms with E-state index >= 15 is 0 Å². The Morgan fingerprint density at radius 1 is 1.40 bits per heavy atom. The maximum atomic E-state index is 11.4. The molecule has 20 heavy (non-hydrogen) atoms. The van der Waals surface area contributed by atoms with Gasteiger partial charge in [-0.2, -0.15) is 0 Å². The van der Waals surface area contributed by atoms with Crippen LogP contribution in [0.5, 0.6) is 0 Å². The first-order chi connectivity index (χ1) is 9.43. The van der Waals surface area contributed by atoms with Crippen molar-refractivity contribution in [3.8, 4) is 0 Å². The van der Waals surface area contributed by atoms with Gasteiger partial charge in [0.25, 0.3) is 0 Å². The Balaban J connectivity index is 2.64. The van der Waals surface area contributed by atoms with Crippen LogP contribution in [-0.4, -0.2) is 38.6 Å². The van der Waals surface area contributed by atoms with Crippen molar-refractivity contribution in [3.05, 3.63) is 0 Å². The molecule has 118 valence electrons. The van der Waals surface area contributed by atoms with Crippen molar-refractivity contribution in [1.29, 1.82) is 0 Å². The molecule has 5 nitrogen and oxygen atoms in total. The van der Waals surface area contributed by atoms with Gasteiger partial charge in [0.05, 0.1) is 12.7 Å². The first kappa shape index (κ1) is 18.2. The number of ether oxygens (including phenoxy) is 1. The number of rotatable bonds is 9. The maximum absolute atomic E-state index is 11.4. The van der Waals surface area contributed by atoms with E-state index in [-0.39, 0.29) is 18.7 Å². The van der Waals surface area contributed by atoms with E-state index in [1.807, 2.05) is 0 Å². The lowest BCUT2D eigenvalue weighted by Crippen LogP contribution is -2.28. The predicted molar refractivity (Wildman–Crippen MR) is 81.4 cm³/mol. The highest BCUT2D eigenvalue weighted by Gasteiger charge is 2.38. The van der Waals surface area contributed by atoms with Gasteiger partial charge in [0.2, 0.25) is 0 Å². The molecule has 0 spiro atoms. The minimum atomic E-state index is -3.91. The van der Waals surface area contributed by atoms with Gasteiger partial charge in [-0.1, -0.05) is 39.5 Å². The third kappa shape index (κ3) is 5.49. The first-order valence-electron chi connectivity index (χ1n) is 7.62. The fourth-order valence-electron chi connectivity index (χ4n) is 3.18. The second-order valence-electron chi connectivity index (χ2n) is 5.67. The summed E-state index contributed by atoms with van der Waals surface area (Å²) in [7, 11) is -0.687. The summed E-state index contributed by atoms with van der Waals surface area (Å²) in [5.74, 6) is 1.01. The summed E-state index contributed by atoms with van der Waals surface area (Å²) in [6.45, 7) is 4.51. The molecular weight excluding hydrogens is 278 g/mol. The van der Waals surface area contributed by atoms with E-state index in [2.05, 4.69) is 26.2 Å². The molecule has 1 rings (SSSR count). The minimum absolute atomic E-state index is 0.108. The van der Waals surface area contributed by atoms with Crippen LogP contribution in [0.25, 0.3) is 0 Å². The van der Waals surface area contributed by atoms with Crippen LogP contribution in [0.1, 0.15) is 46.0 Å². The molecule has 2 unspecified atom stereocenters. The van der Waals surface area contributed by atoms with Gasteiger partial charge in [0.15, 0.2) is 0 Å². The van der Waals surface area contributed by atoms with E-state index < -0.39 is 7.82 Å². The van der Waals surface area contributed by atoms with E-state index in [0.29, 0.717) is 11.8 Å². The van der Waals surface area contributed by atoms with E-state index in [1.54, 1.807) is 0 Å². The molecule has 0 saturated carbocycles.